The van der Waals surface area contributed by atoms with E-state index in [4.69, 9.17) is 19.2 Å². The number of rotatable bonds is 7. The fourth-order valence-electron chi connectivity index (χ4n) is 3.87. The van der Waals surface area contributed by atoms with Crippen molar-refractivity contribution in [2.24, 2.45) is 0 Å². The highest BCUT2D eigenvalue weighted by Gasteiger charge is 2.19. The van der Waals surface area contributed by atoms with Gasteiger partial charge >= 0.3 is 0 Å². The molecule has 2 aromatic carbocycles. The lowest BCUT2D eigenvalue weighted by Crippen LogP contribution is -2.45. The minimum atomic E-state index is 0.325. The van der Waals surface area contributed by atoms with Gasteiger partial charge in [0.05, 0.1) is 12.8 Å². The molecule has 2 aliphatic rings. The summed E-state index contributed by atoms with van der Waals surface area (Å²) in [4.78, 5) is 9.72. The highest BCUT2D eigenvalue weighted by Crippen LogP contribution is 2.33. The van der Waals surface area contributed by atoms with Crippen LogP contribution in [-0.4, -0.2) is 54.9 Å². The molecule has 0 saturated carbocycles. The first-order chi connectivity index (χ1) is 15.2. The topological polar surface area (TPSA) is 59.1 Å². The molecular weight excluding hydrogens is 412 g/mol. The van der Waals surface area contributed by atoms with Crippen molar-refractivity contribution in [2.45, 2.75) is 13.1 Å². The third-order valence-electron chi connectivity index (χ3n) is 5.59. The van der Waals surface area contributed by atoms with E-state index in [0.29, 0.717) is 6.79 Å². The first-order valence-corrected chi connectivity index (χ1v) is 11.3. The van der Waals surface area contributed by atoms with E-state index in [2.05, 4.69) is 32.6 Å². The molecule has 0 spiro atoms. The average Bonchev–Trinajstić information content (AvgIpc) is 3.44. The number of anilines is 2. The smallest absolute Gasteiger partial charge is 0.231 e. The Morgan fingerprint density at radius 2 is 1.71 bits per heavy atom. The van der Waals surface area contributed by atoms with Crippen LogP contribution in [-0.2, 0) is 13.1 Å². The second-order valence-corrected chi connectivity index (χ2v) is 8.60. The maximum Gasteiger partial charge on any atom is 0.231 e. The van der Waals surface area contributed by atoms with E-state index >= 15 is 0 Å². The Kier molecular flexibility index (Phi) is 5.93. The lowest BCUT2D eigenvalue weighted by Gasteiger charge is -2.34. The molecule has 8 heteroatoms. The van der Waals surface area contributed by atoms with Gasteiger partial charge in [-0.05, 0) is 42.0 Å². The Balaban J connectivity index is 1.10. The van der Waals surface area contributed by atoms with Crippen LogP contribution in [0.2, 0.25) is 0 Å². The van der Waals surface area contributed by atoms with Gasteiger partial charge in [0.2, 0.25) is 6.79 Å². The molecule has 5 rings (SSSR count). The van der Waals surface area contributed by atoms with Crippen molar-refractivity contribution in [1.29, 1.82) is 0 Å². The number of thiazole rings is 1. The van der Waals surface area contributed by atoms with Crippen LogP contribution in [0.3, 0.4) is 0 Å². The number of methoxy groups -OCH3 is 1. The minimum absolute atomic E-state index is 0.325. The molecule has 1 fully saturated rings. The van der Waals surface area contributed by atoms with Crippen molar-refractivity contribution >= 4 is 22.2 Å². The number of ether oxygens (including phenoxy) is 3. The summed E-state index contributed by atoms with van der Waals surface area (Å²) in [7, 11) is 1.67. The van der Waals surface area contributed by atoms with Gasteiger partial charge in [0.25, 0.3) is 0 Å². The first kappa shape index (κ1) is 20.1. The van der Waals surface area contributed by atoms with Gasteiger partial charge in [-0.2, -0.15) is 0 Å². The summed E-state index contributed by atoms with van der Waals surface area (Å²) in [5, 5.41) is 6.43. The summed E-state index contributed by atoms with van der Waals surface area (Å²) in [6.07, 6.45) is 0. The number of benzene rings is 2. The number of nitrogens with one attached hydrogen (secondary N) is 1. The van der Waals surface area contributed by atoms with Crippen LogP contribution in [0.1, 0.15) is 11.3 Å². The van der Waals surface area contributed by atoms with Crippen LogP contribution in [0.15, 0.2) is 47.8 Å². The molecule has 1 aromatic heterocycles. The Hall–Kier alpha value is -2.81. The van der Waals surface area contributed by atoms with E-state index in [1.54, 1.807) is 18.4 Å². The number of aromatic nitrogens is 1. The molecule has 31 heavy (non-hydrogen) atoms. The molecule has 0 atom stereocenters. The monoisotopic (exact) mass is 438 g/mol. The molecule has 1 N–H and O–H groups in total. The van der Waals surface area contributed by atoms with Crippen LogP contribution >= 0.6 is 11.3 Å². The van der Waals surface area contributed by atoms with Gasteiger partial charge in [-0.15, -0.1) is 11.3 Å². The second-order valence-electron chi connectivity index (χ2n) is 7.74. The molecule has 3 heterocycles. The van der Waals surface area contributed by atoms with Gasteiger partial charge in [-0.25, -0.2) is 4.98 Å². The van der Waals surface area contributed by atoms with Crippen LogP contribution in [0.25, 0.3) is 0 Å². The molecule has 162 valence electrons. The Labute approximate surface area is 186 Å². The van der Waals surface area contributed by atoms with E-state index in [0.717, 1.165) is 73.0 Å². The number of hydrogen-bond donors (Lipinski definition) is 1. The van der Waals surface area contributed by atoms with Gasteiger partial charge in [-0.3, -0.25) is 9.80 Å². The normalized spacial score (nSPS) is 16.4. The molecule has 0 amide bonds. The van der Waals surface area contributed by atoms with Gasteiger partial charge in [0.1, 0.15) is 5.75 Å². The lowest BCUT2D eigenvalue weighted by atomic mass is 10.1. The summed E-state index contributed by atoms with van der Waals surface area (Å²) < 4.78 is 16.1. The molecule has 0 bridgehead atoms. The summed E-state index contributed by atoms with van der Waals surface area (Å²) in [6.45, 7) is 6.35. The number of fused-ring (bicyclic) bond motifs is 1. The fourth-order valence-corrected chi connectivity index (χ4v) is 4.59. The predicted octanol–water partition coefficient (Wildman–Crippen LogP) is 3.94. The number of hydrogen-bond acceptors (Lipinski definition) is 8. The van der Waals surface area contributed by atoms with Crippen molar-refractivity contribution in [1.82, 2.24) is 14.8 Å². The van der Waals surface area contributed by atoms with Crippen LogP contribution in [0, 0.1) is 0 Å². The highest BCUT2D eigenvalue weighted by molar-refractivity contribution is 7.13. The molecule has 2 aliphatic heterocycles. The van der Waals surface area contributed by atoms with E-state index < -0.39 is 0 Å². The maximum absolute atomic E-state index is 5.50. The summed E-state index contributed by atoms with van der Waals surface area (Å²) in [6, 6.07) is 14.1. The van der Waals surface area contributed by atoms with Gasteiger partial charge < -0.3 is 19.5 Å². The zero-order chi connectivity index (χ0) is 21.0. The molecule has 1 saturated heterocycles. The summed E-state index contributed by atoms with van der Waals surface area (Å²) in [5.41, 5.74) is 3.40. The van der Waals surface area contributed by atoms with Crippen molar-refractivity contribution in [3.05, 3.63) is 59.1 Å². The third kappa shape index (κ3) is 4.92. The van der Waals surface area contributed by atoms with Crippen LogP contribution in [0.5, 0.6) is 17.2 Å². The summed E-state index contributed by atoms with van der Waals surface area (Å²) >= 11 is 1.64. The quantitative estimate of drug-likeness (QED) is 0.600. The van der Waals surface area contributed by atoms with Crippen LogP contribution in [0.4, 0.5) is 10.8 Å². The SMILES string of the molecule is COc1ccc(Nc2nc(CN3CCN(Cc4ccc5c(c4)OCO5)CC3)cs2)cc1. The Morgan fingerprint density at radius 1 is 0.968 bits per heavy atom. The number of nitrogens with zero attached hydrogens (tertiary/aromatic N) is 3. The predicted molar refractivity (Wildman–Crippen MR) is 122 cm³/mol. The average molecular weight is 439 g/mol. The first-order valence-electron chi connectivity index (χ1n) is 10.4. The van der Waals surface area contributed by atoms with E-state index in [-0.39, 0.29) is 0 Å². The van der Waals surface area contributed by atoms with Crippen LogP contribution < -0.4 is 19.5 Å². The Morgan fingerprint density at radius 3 is 2.48 bits per heavy atom. The van der Waals surface area contributed by atoms with Gasteiger partial charge in [-0.1, -0.05) is 6.07 Å². The van der Waals surface area contributed by atoms with Crippen molar-refractivity contribution < 1.29 is 14.2 Å². The van der Waals surface area contributed by atoms with Crippen molar-refractivity contribution in [3.8, 4) is 17.2 Å². The molecule has 0 radical (unpaired) electrons. The fraction of sp³-hybridized carbons (Fsp3) is 0.348. The van der Waals surface area contributed by atoms with E-state index in [9.17, 15) is 0 Å². The molecule has 3 aromatic rings. The van der Waals surface area contributed by atoms with E-state index in [1.165, 1.54) is 5.56 Å². The van der Waals surface area contributed by atoms with E-state index in [1.807, 2.05) is 30.3 Å². The zero-order valence-corrected chi connectivity index (χ0v) is 18.4. The molecule has 0 unspecified atom stereocenters. The molecule has 7 nitrogen and oxygen atoms in total. The molecule has 0 aliphatic carbocycles. The second kappa shape index (κ2) is 9.13. The van der Waals surface area contributed by atoms with Crippen molar-refractivity contribution in [2.75, 3.05) is 45.4 Å². The Bertz CT molecular complexity index is 1020. The number of piperazine rings is 1. The van der Waals surface area contributed by atoms with Gasteiger partial charge in [0, 0.05) is 50.3 Å². The maximum atomic E-state index is 5.50. The minimum Gasteiger partial charge on any atom is -0.497 e. The third-order valence-corrected chi connectivity index (χ3v) is 6.39. The highest BCUT2D eigenvalue weighted by atomic mass is 32.1. The zero-order valence-electron chi connectivity index (χ0n) is 17.5. The van der Waals surface area contributed by atoms with Crippen molar-refractivity contribution in [3.63, 3.8) is 0 Å². The lowest BCUT2D eigenvalue weighted by molar-refractivity contribution is 0.121. The largest absolute Gasteiger partial charge is 0.497 e. The van der Waals surface area contributed by atoms with Gasteiger partial charge in [0.15, 0.2) is 16.6 Å². The summed E-state index contributed by atoms with van der Waals surface area (Å²) in [5.74, 6) is 2.56. The standard InChI is InChI=1S/C23H26N4O3S/c1-28-20-5-3-18(4-6-20)24-23-25-19(15-31-23)14-27-10-8-26(9-11-27)13-17-2-7-21-22(12-17)30-16-29-21/h2-7,12,15H,8-11,13-14,16H2,1H3,(H,24,25). The molecular formula is C23H26N4O3S.